The molecule has 1 aliphatic heterocycles. The van der Waals surface area contributed by atoms with Gasteiger partial charge in [0.15, 0.2) is 0 Å². The molecular weight excluding hydrogens is 287 g/mol. The van der Waals surface area contributed by atoms with Crippen molar-refractivity contribution in [2.45, 2.75) is 25.9 Å². The molecule has 1 heterocycles. The monoisotopic (exact) mass is 304 g/mol. The number of urea groups is 1. The first kappa shape index (κ1) is 15.8. The molecule has 1 saturated heterocycles. The first-order valence-electron chi connectivity index (χ1n) is 7.02. The Bertz CT molecular complexity index is 626. The molecule has 116 valence electrons. The minimum Gasteiger partial charge on any atom is -0.354 e. The van der Waals surface area contributed by atoms with Crippen molar-refractivity contribution in [3.05, 3.63) is 35.1 Å². The maximum atomic E-state index is 13.6. The predicted octanol–water partition coefficient (Wildman–Crippen LogP) is 1.02. The van der Waals surface area contributed by atoms with Gasteiger partial charge < -0.3 is 16.0 Å². The van der Waals surface area contributed by atoms with E-state index in [9.17, 15) is 14.0 Å². The third-order valence-corrected chi connectivity index (χ3v) is 3.65. The number of nitriles is 1. The van der Waals surface area contributed by atoms with Crippen LogP contribution in [0.4, 0.5) is 9.18 Å². The van der Waals surface area contributed by atoms with E-state index in [-0.39, 0.29) is 23.9 Å². The number of piperidine rings is 1. The van der Waals surface area contributed by atoms with E-state index < -0.39 is 17.9 Å². The molecule has 3 N–H and O–H groups in total. The van der Waals surface area contributed by atoms with Crippen LogP contribution < -0.4 is 16.0 Å². The number of nitrogens with one attached hydrogen (secondary N) is 3. The number of halogens is 1. The second-order valence-corrected chi connectivity index (χ2v) is 5.28. The van der Waals surface area contributed by atoms with Crippen molar-refractivity contribution in [3.63, 3.8) is 0 Å². The molecule has 2 rings (SSSR count). The molecule has 1 aliphatic rings. The van der Waals surface area contributed by atoms with Gasteiger partial charge in [-0.05, 0) is 30.5 Å². The third-order valence-electron chi connectivity index (χ3n) is 3.65. The molecule has 1 fully saturated rings. The minimum atomic E-state index is -0.593. The summed E-state index contributed by atoms with van der Waals surface area (Å²) >= 11 is 0. The fourth-order valence-corrected chi connectivity index (χ4v) is 2.31. The van der Waals surface area contributed by atoms with Gasteiger partial charge in [-0.3, -0.25) is 4.79 Å². The molecule has 7 heteroatoms. The molecule has 0 radical (unpaired) electrons. The van der Waals surface area contributed by atoms with E-state index in [0.29, 0.717) is 12.1 Å². The van der Waals surface area contributed by atoms with Crippen LogP contribution in [0.1, 0.15) is 24.5 Å². The van der Waals surface area contributed by atoms with Crippen LogP contribution in [-0.2, 0) is 11.3 Å². The summed E-state index contributed by atoms with van der Waals surface area (Å²) in [5.41, 5.74) is 0.536. The van der Waals surface area contributed by atoms with Crippen molar-refractivity contribution in [3.8, 4) is 6.07 Å². The highest BCUT2D eigenvalue weighted by Gasteiger charge is 2.29. The molecule has 0 aliphatic carbocycles. The molecule has 2 unspecified atom stereocenters. The van der Waals surface area contributed by atoms with Gasteiger partial charge in [0.1, 0.15) is 11.9 Å². The van der Waals surface area contributed by atoms with Gasteiger partial charge in [-0.1, -0.05) is 6.92 Å². The lowest BCUT2D eigenvalue weighted by molar-refractivity contribution is -0.125. The second kappa shape index (κ2) is 6.89. The van der Waals surface area contributed by atoms with Crippen LogP contribution in [0.2, 0.25) is 0 Å². The Morgan fingerprint density at radius 3 is 3.00 bits per heavy atom. The van der Waals surface area contributed by atoms with Crippen molar-refractivity contribution in [1.29, 1.82) is 5.26 Å². The maximum absolute atomic E-state index is 13.6. The van der Waals surface area contributed by atoms with Crippen LogP contribution in [0.25, 0.3) is 0 Å². The number of hydrogen-bond donors (Lipinski definition) is 3. The van der Waals surface area contributed by atoms with Gasteiger partial charge in [-0.2, -0.15) is 5.26 Å². The topological polar surface area (TPSA) is 94.0 Å². The lowest BCUT2D eigenvalue weighted by Gasteiger charge is -2.28. The van der Waals surface area contributed by atoms with Gasteiger partial charge in [0.2, 0.25) is 5.91 Å². The van der Waals surface area contributed by atoms with Crippen molar-refractivity contribution in [1.82, 2.24) is 16.0 Å². The van der Waals surface area contributed by atoms with Crippen LogP contribution in [0.3, 0.4) is 0 Å². The Kier molecular flexibility index (Phi) is 4.94. The lowest BCUT2D eigenvalue weighted by atomic mass is 9.94. The summed E-state index contributed by atoms with van der Waals surface area (Å²) in [5, 5.41) is 16.6. The van der Waals surface area contributed by atoms with Gasteiger partial charge in [0.25, 0.3) is 0 Å². The molecule has 2 atom stereocenters. The van der Waals surface area contributed by atoms with Crippen LogP contribution in [0, 0.1) is 23.1 Å². The number of benzene rings is 1. The highest BCUT2D eigenvalue weighted by atomic mass is 19.1. The molecule has 22 heavy (non-hydrogen) atoms. The zero-order valence-corrected chi connectivity index (χ0v) is 12.1. The standard InChI is InChI=1S/C15H17FN4O2/c1-9-4-5-18-14(21)13(9)20-15(22)19-8-11-6-10(7-17)2-3-12(11)16/h2-3,6,9,13H,4-5,8H2,1H3,(H,18,21)(H2,19,20,22). The summed E-state index contributed by atoms with van der Waals surface area (Å²) in [7, 11) is 0. The molecule has 1 aromatic carbocycles. The highest BCUT2D eigenvalue weighted by molar-refractivity contribution is 5.87. The first-order valence-corrected chi connectivity index (χ1v) is 7.02. The Balaban J connectivity index is 1.93. The number of carbonyl (C=O) groups is 2. The zero-order valence-electron chi connectivity index (χ0n) is 12.1. The Labute approximate surface area is 127 Å². The van der Waals surface area contributed by atoms with Crippen molar-refractivity contribution < 1.29 is 14.0 Å². The van der Waals surface area contributed by atoms with Gasteiger partial charge in [-0.25, -0.2) is 9.18 Å². The van der Waals surface area contributed by atoms with Gasteiger partial charge in [-0.15, -0.1) is 0 Å². The second-order valence-electron chi connectivity index (χ2n) is 5.28. The predicted molar refractivity (Wildman–Crippen MR) is 77.1 cm³/mol. The summed E-state index contributed by atoms with van der Waals surface area (Å²) in [6.45, 7) is 2.43. The molecule has 0 aromatic heterocycles. The van der Waals surface area contributed by atoms with Crippen LogP contribution in [0.5, 0.6) is 0 Å². The number of rotatable bonds is 3. The number of nitrogens with zero attached hydrogens (tertiary/aromatic N) is 1. The van der Waals surface area contributed by atoms with E-state index in [1.165, 1.54) is 18.2 Å². The molecule has 3 amide bonds. The molecule has 0 spiro atoms. The summed E-state index contributed by atoms with van der Waals surface area (Å²) in [4.78, 5) is 23.6. The van der Waals surface area contributed by atoms with E-state index >= 15 is 0 Å². The Hall–Kier alpha value is -2.62. The van der Waals surface area contributed by atoms with E-state index in [4.69, 9.17) is 5.26 Å². The maximum Gasteiger partial charge on any atom is 0.315 e. The van der Waals surface area contributed by atoms with Crippen molar-refractivity contribution in [2.75, 3.05) is 6.54 Å². The smallest absolute Gasteiger partial charge is 0.315 e. The van der Waals surface area contributed by atoms with Crippen LogP contribution in [-0.4, -0.2) is 24.5 Å². The number of carbonyl (C=O) groups excluding carboxylic acids is 2. The third kappa shape index (κ3) is 3.73. The SMILES string of the molecule is CC1CCNC(=O)C1NC(=O)NCc1cc(C#N)ccc1F. The summed E-state index contributed by atoms with van der Waals surface area (Å²) in [6, 6.07) is 4.71. The molecule has 6 nitrogen and oxygen atoms in total. The summed E-state index contributed by atoms with van der Waals surface area (Å²) in [5.74, 6) is -0.673. The molecule has 0 bridgehead atoms. The van der Waals surface area contributed by atoms with Gasteiger partial charge >= 0.3 is 6.03 Å². The van der Waals surface area contributed by atoms with E-state index in [2.05, 4.69) is 16.0 Å². The van der Waals surface area contributed by atoms with E-state index in [0.717, 1.165) is 6.42 Å². The Morgan fingerprint density at radius 1 is 1.55 bits per heavy atom. The minimum absolute atomic E-state index is 0.0400. The van der Waals surface area contributed by atoms with Crippen LogP contribution >= 0.6 is 0 Å². The molecule has 0 saturated carbocycles. The number of amides is 3. The average Bonchev–Trinajstić information content (AvgIpc) is 2.50. The molecular formula is C15H17FN4O2. The average molecular weight is 304 g/mol. The van der Waals surface area contributed by atoms with Crippen molar-refractivity contribution >= 4 is 11.9 Å². The van der Waals surface area contributed by atoms with Crippen molar-refractivity contribution in [2.24, 2.45) is 5.92 Å². The van der Waals surface area contributed by atoms with E-state index in [1.807, 2.05) is 13.0 Å². The summed E-state index contributed by atoms with van der Waals surface area (Å²) in [6.07, 6.45) is 0.787. The first-order chi connectivity index (χ1) is 10.5. The zero-order chi connectivity index (χ0) is 16.1. The summed E-state index contributed by atoms with van der Waals surface area (Å²) < 4.78 is 13.6. The highest BCUT2D eigenvalue weighted by Crippen LogP contribution is 2.12. The quantitative estimate of drug-likeness (QED) is 0.778. The van der Waals surface area contributed by atoms with E-state index in [1.54, 1.807) is 0 Å². The largest absolute Gasteiger partial charge is 0.354 e. The fourth-order valence-electron chi connectivity index (χ4n) is 2.31. The van der Waals surface area contributed by atoms with Crippen LogP contribution in [0.15, 0.2) is 18.2 Å². The normalized spacial score (nSPS) is 20.7. The fraction of sp³-hybridized carbons (Fsp3) is 0.400. The lowest BCUT2D eigenvalue weighted by Crippen LogP contribution is -2.56. The van der Waals surface area contributed by atoms with Gasteiger partial charge in [0, 0.05) is 18.7 Å². The number of hydrogen-bond acceptors (Lipinski definition) is 3. The molecule has 1 aromatic rings. The Morgan fingerprint density at radius 2 is 2.32 bits per heavy atom. The van der Waals surface area contributed by atoms with Gasteiger partial charge in [0.05, 0.1) is 11.6 Å².